The molecule has 28 heavy (non-hydrogen) atoms. The van der Waals surface area contributed by atoms with E-state index in [2.05, 4.69) is 36.7 Å². The lowest BCUT2D eigenvalue weighted by atomic mass is 10.1. The van der Waals surface area contributed by atoms with Gasteiger partial charge in [0.05, 0.1) is 30.8 Å². The third kappa shape index (κ3) is 4.32. The molecule has 0 spiro atoms. The maximum absolute atomic E-state index is 11.4. The van der Waals surface area contributed by atoms with Crippen molar-refractivity contribution in [2.45, 2.75) is 0 Å². The van der Waals surface area contributed by atoms with E-state index < -0.39 is 5.97 Å². The Morgan fingerprint density at radius 3 is 2.82 bits per heavy atom. The van der Waals surface area contributed by atoms with Crippen molar-refractivity contribution in [3.05, 3.63) is 52.3 Å². The molecule has 0 bridgehead atoms. The molecule has 0 radical (unpaired) electrons. The van der Waals surface area contributed by atoms with Crippen LogP contribution in [0.2, 0.25) is 0 Å². The Hall–Kier alpha value is -3.31. The summed E-state index contributed by atoms with van der Waals surface area (Å²) < 4.78 is 16.1. The van der Waals surface area contributed by atoms with Crippen molar-refractivity contribution in [2.75, 3.05) is 20.8 Å². The quantitative estimate of drug-likeness (QED) is 0.459. The number of halogens is 1. The number of nitrogens with zero attached hydrogens (tertiary/aromatic N) is 2. The average Bonchev–Trinajstić information content (AvgIpc) is 3.13. The van der Waals surface area contributed by atoms with Crippen molar-refractivity contribution < 1.29 is 19.0 Å². The fourth-order valence-electron chi connectivity index (χ4n) is 2.51. The Morgan fingerprint density at radius 1 is 1.29 bits per heavy atom. The molecule has 0 unspecified atom stereocenters. The number of hydrogen-bond donors (Lipinski definition) is 1. The van der Waals surface area contributed by atoms with Gasteiger partial charge in [0.15, 0.2) is 6.61 Å². The average molecular weight is 442 g/mol. The van der Waals surface area contributed by atoms with Gasteiger partial charge in [-0.05, 0) is 36.4 Å². The Balaban J connectivity index is 1.99. The number of methoxy groups -OCH3 is 2. The standard InChI is InChI=1S/C20H16BrN3O4/c1-26-15-4-5-16-17(9-15)24-20(23-16)13(10-22)7-12-8-14(21)3-6-18(12)28-11-19(25)27-2/h3-9H,11H2,1-2H3,(H,23,24)/b13-7-. The van der Waals surface area contributed by atoms with Gasteiger partial charge in [-0.2, -0.15) is 5.26 Å². The van der Waals surface area contributed by atoms with Gasteiger partial charge >= 0.3 is 5.97 Å². The Labute approximate surface area is 169 Å². The van der Waals surface area contributed by atoms with Crippen molar-refractivity contribution in [1.29, 1.82) is 5.26 Å². The van der Waals surface area contributed by atoms with Crippen LogP contribution in [-0.4, -0.2) is 36.8 Å². The Kier molecular flexibility index (Phi) is 5.96. The van der Waals surface area contributed by atoms with Gasteiger partial charge in [-0.3, -0.25) is 0 Å². The molecule has 1 heterocycles. The van der Waals surface area contributed by atoms with Crippen LogP contribution in [0, 0.1) is 11.3 Å². The lowest BCUT2D eigenvalue weighted by molar-refractivity contribution is -0.142. The first-order valence-electron chi connectivity index (χ1n) is 8.19. The number of nitrogens with one attached hydrogen (secondary N) is 1. The summed E-state index contributed by atoms with van der Waals surface area (Å²) in [5.74, 6) is 1.06. The molecule has 8 heteroatoms. The molecule has 0 aliphatic rings. The van der Waals surface area contributed by atoms with Gasteiger partial charge in [0.1, 0.15) is 23.4 Å². The summed E-state index contributed by atoms with van der Waals surface area (Å²) >= 11 is 3.41. The first-order valence-corrected chi connectivity index (χ1v) is 8.98. The van der Waals surface area contributed by atoms with Crippen molar-refractivity contribution in [3.8, 4) is 17.6 Å². The topological polar surface area (TPSA) is 97.2 Å². The number of benzene rings is 2. The summed E-state index contributed by atoms with van der Waals surface area (Å²) in [6.45, 7) is -0.231. The van der Waals surface area contributed by atoms with Gasteiger partial charge in [0.2, 0.25) is 0 Å². The van der Waals surface area contributed by atoms with Gasteiger partial charge in [-0.25, -0.2) is 9.78 Å². The smallest absolute Gasteiger partial charge is 0.343 e. The summed E-state index contributed by atoms with van der Waals surface area (Å²) in [4.78, 5) is 19.0. The highest BCUT2D eigenvalue weighted by atomic mass is 79.9. The number of allylic oxidation sites excluding steroid dienone is 1. The fourth-order valence-corrected chi connectivity index (χ4v) is 2.89. The molecule has 1 aromatic heterocycles. The van der Waals surface area contributed by atoms with Crippen LogP contribution in [0.1, 0.15) is 11.4 Å². The molecule has 0 amide bonds. The third-order valence-electron chi connectivity index (χ3n) is 3.91. The number of aromatic nitrogens is 2. The normalized spacial score (nSPS) is 11.1. The highest BCUT2D eigenvalue weighted by Crippen LogP contribution is 2.28. The molecule has 3 rings (SSSR count). The van der Waals surface area contributed by atoms with Crippen LogP contribution in [0.4, 0.5) is 0 Å². The SMILES string of the molecule is COC(=O)COc1ccc(Br)cc1/C=C(/C#N)c1nc2ccc(OC)cc2[nH]1. The molecule has 7 nitrogen and oxygen atoms in total. The minimum Gasteiger partial charge on any atom is -0.497 e. The second kappa shape index (κ2) is 8.59. The van der Waals surface area contributed by atoms with Crippen LogP contribution in [0.3, 0.4) is 0 Å². The van der Waals surface area contributed by atoms with Crippen molar-refractivity contribution >= 4 is 44.6 Å². The highest BCUT2D eigenvalue weighted by molar-refractivity contribution is 9.10. The van der Waals surface area contributed by atoms with Gasteiger partial charge in [-0.1, -0.05) is 15.9 Å². The molecule has 0 fully saturated rings. The molecular weight excluding hydrogens is 426 g/mol. The molecule has 3 aromatic rings. The van der Waals surface area contributed by atoms with Crippen LogP contribution in [0.15, 0.2) is 40.9 Å². The molecule has 0 saturated heterocycles. The van der Waals surface area contributed by atoms with Gasteiger partial charge < -0.3 is 19.2 Å². The molecule has 0 saturated carbocycles. The second-order valence-electron chi connectivity index (χ2n) is 5.69. The maximum atomic E-state index is 11.4. The van der Waals surface area contributed by atoms with Gasteiger partial charge in [-0.15, -0.1) is 0 Å². The number of ether oxygens (including phenoxy) is 3. The zero-order valence-electron chi connectivity index (χ0n) is 15.2. The van der Waals surface area contributed by atoms with Crippen LogP contribution in [0.25, 0.3) is 22.7 Å². The van der Waals surface area contributed by atoms with Crippen LogP contribution in [0.5, 0.6) is 11.5 Å². The molecule has 0 aliphatic carbocycles. The number of carbonyl (C=O) groups excluding carboxylic acids is 1. The van der Waals surface area contributed by atoms with Crippen molar-refractivity contribution in [3.63, 3.8) is 0 Å². The first-order chi connectivity index (χ1) is 13.5. The van der Waals surface area contributed by atoms with Gasteiger partial charge in [0, 0.05) is 16.1 Å². The highest BCUT2D eigenvalue weighted by Gasteiger charge is 2.12. The van der Waals surface area contributed by atoms with Crippen LogP contribution >= 0.6 is 15.9 Å². The zero-order valence-corrected chi connectivity index (χ0v) is 16.7. The fraction of sp³-hybridized carbons (Fsp3) is 0.150. The minimum absolute atomic E-state index is 0.231. The molecule has 1 N–H and O–H groups in total. The molecule has 0 atom stereocenters. The molecule has 2 aromatic carbocycles. The van der Waals surface area contributed by atoms with Crippen LogP contribution in [-0.2, 0) is 9.53 Å². The monoisotopic (exact) mass is 441 g/mol. The molecule has 0 aliphatic heterocycles. The second-order valence-corrected chi connectivity index (χ2v) is 6.60. The van der Waals surface area contributed by atoms with E-state index in [9.17, 15) is 10.1 Å². The van der Waals surface area contributed by atoms with E-state index in [0.29, 0.717) is 34.0 Å². The number of aromatic amines is 1. The Morgan fingerprint density at radius 2 is 2.11 bits per heavy atom. The largest absolute Gasteiger partial charge is 0.497 e. The van der Waals surface area contributed by atoms with Crippen LogP contribution < -0.4 is 9.47 Å². The minimum atomic E-state index is -0.496. The lowest BCUT2D eigenvalue weighted by Crippen LogP contribution is -2.13. The van der Waals surface area contributed by atoms with E-state index in [0.717, 1.165) is 9.99 Å². The van der Waals surface area contributed by atoms with E-state index in [1.165, 1.54) is 7.11 Å². The van der Waals surface area contributed by atoms with E-state index in [4.69, 9.17) is 9.47 Å². The zero-order chi connectivity index (χ0) is 20.1. The van der Waals surface area contributed by atoms with Gasteiger partial charge in [0.25, 0.3) is 0 Å². The van der Waals surface area contributed by atoms with E-state index in [1.54, 1.807) is 37.5 Å². The number of fused-ring (bicyclic) bond motifs is 1. The number of carbonyl (C=O) groups is 1. The number of H-pyrrole nitrogens is 1. The number of esters is 1. The maximum Gasteiger partial charge on any atom is 0.343 e. The van der Waals surface area contributed by atoms with E-state index in [-0.39, 0.29) is 6.61 Å². The summed E-state index contributed by atoms with van der Waals surface area (Å²) in [5, 5.41) is 9.65. The van der Waals surface area contributed by atoms with Crippen molar-refractivity contribution in [2.24, 2.45) is 0 Å². The molecule has 142 valence electrons. The number of hydrogen-bond acceptors (Lipinski definition) is 6. The summed E-state index contributed by atoms with van der Waals surface area (Å²) in [6.07, 6.45) is 1.65. The third-order valence-corrected chi connectivity index (χ3v) is 4.40. The van der Waals surface area contributed by atoms with Crippen molar-refractivity contribution in [1.82, 2.24) is 9.97 Å². The summed E-state index contributed by atoms with van der Waals surface area (Å²) in [5.41, 5.74) is 2.41. The number of imidazole rings is 1. The number of rotatable bonds is 6. The lowest BCUT2D eigenvalue weighted by Gasteiger charge is -2.09. The predicted molar refractivity (Wildman–Crippen MR) is 108 cm³/mol. The Bertz CT molecular complexity index is 1100. The molecular formula is C20H16BrN3O4. The summed E-state index contributed by atoms with van der Waals surface area (Å²) in [7, 11) is 2.88. The van der Waals surface area contributed by atoms with E-state index >= 15 is 0 Å². The van der Waals surface area contributed by atoms with E-state index in [1.807, 2.05) is 12.1 Å². The first kappa shape index (κ1) is 19.5. The predicted octanol–water partition coefficient (Wildman–Crippen LogP) is 3.95. The number of nitriles is 1. The summed E-state index contributed by atoms with van der Waals surface area (Å²) in [6, 6.07) is 12.9.